The van der Waals surface area contributed by atoms with E-state index < -0.39 is 0 Å². The topological polar surface area (TPSA) is 28.2 Å². The highest BCUT2D eigenvalue weighted by Gasteiger charge is 2.22. The Kier molecular flexibility index (Phi) is 4.59. The average Bonchev–Trinajstić information content (AvgIpc) is 2.35. The molecule has 2 atom stereocenters. The summed E-state index contributed by atoms with van der Waals surface area (Å²) in [6.07, 6.45) is 2.68. The normalized spacial score (nSPS) is 25.1. The fourth-order valence-corrected chi connectivity index (χ4v) is 2.66. The first kappa shape index (κ1) is 13.3. The Morgan fingerprint density at radius 3 is 2.94 bits per heavy atom. The van der Waals surface area contributed by atoms with Gasteiger partial charge in [-0.1, -0.05) is 13.0 Å². The standard InChI is InChI=1S/C15H25N3/c1-4-16-15-7-5-6-14(17-15)11-18-10-12(2)8-9-13(18)3/h5-7,12-13H,4,8-11H2,1-3H3,(H,16,17). The van der Waals surface area contributed by atoms with Crippen LogP contribution in [0.1, 0.15) is 39.3 Å². The van der Waals surface area contributed by atoms with E-state index in [-0.39, 0.29) is 0 Å². The van der Waals surface area contributed by atoms with Gasteiger partial charge < -0.3 is 5.32 Å². The zero-order chi connectivity index (χ0) is 13.0. The molecule has 1 aliphatic rings. The first-order chi connectivity index (χ1) is 8.69. The molecule has 1 aliphatic heterocycles. The third-order valence-electron chi connectivity index (χ3n) is 3.78. The van der Waals surface area contributed by atoms with Crippen LogP contribution in [0.25, 0.3) is 0 Å². The lowest BCUT2D eigenvalue weighted by molar-refractivity contribution is 0.116. The quantitative estimate of drug-likeness (QED) is 0.886. The van der Waals surface area contributed by atoms with Crippen LogP contribution in [0, 0.1) is 5.92 Å². The third kappa shape index (κ3) is 3.45. The minimum absolute atomic E-state index is 0.686. The van der Waals surface area contributed by atoms with Crippen molar-refractivity contribution < 1.29 is 0 Å². The van der Waals surface area contributed by atoms with Crippen LogP contribution in [0.4, 0.5) is 5.82 Å². The first-order valence-electron chi connectivity index (χ1n) is 7.13. The SMILES string of the molecule is CCNc1cccc(CN2CC(C)CCC2C)n1. The molecule has 0 spiro atoms. The van der Waals surface area contributed by atoms with E-state index in [1.54, 1.807) is 0 Å². The molecule has 18 heavy (non-hydrogen) atoms. The van der Waals surface area contributed by atoms with Crippen molar-refractivity contribution in [2.75, 3.05) is 18.4 Å². The molecule has 1 fully saturated rings. The highest BCUT2D eigenvalue weighted by molar-refractivity contribution is 5.34. The molecule has 2 unspecified atom stereocenters. The van der Waals surface area contributed by atoms with Gasteiger partial charge in [0.05, 0.1) is 5.69 Å². The summed E-state index contributed by atoms with van der Waals surface area (Å²) in [6.45, 7) is 9.89. The summed E-state index contributed by atoms with van der Waals surface area (Å²) in [7, 11) is 0. The van der Waals surface area contributed by atoms with E-state index in [0.717, 1.165) is 24.8 Å². The van der Waals surface area contributed by atoms with Gasteiger partial charge in [-0.05, 0) is 44.7 Å². The minimum Gasteiger partial charge on any atom is -0.370 e. The monoisotopic (exact) mass is 247 g/mol. The molecule has 0 amide bonds. The van der Waals surface area contributed by atoms with Crippen molar-refractivity contribution in [2.24, 2.45) is 5.92 Å². The van der Waals surface area contributed by atoms with Crippen molar-refractivity contribution in [1.82, 2.24) is 9.88 Å². The number of aromatic nitrogens is 1. The van der Waals surface area contributed by atoms with Gasteiger partial charge in [-0.25, -0.2) is 4.98 Å². The van der Waals surface area contributed by atoms with Crippen molar-refractivity contribution in [1.29, 1.82) is 0 Å². The van der Waals surface area contributed by atoms with Crippen molar-refractivity contribution in [3.8, 4) is 0 Å². The van der Waals surface area contributed by atoms with Gasteiger partial charge in [-0.3, -0.25) is 4.90 Å². The summed E-state index contributed by atoms with van der Waals surface area (Å²) in [5, 5.41) is 3.28. The second-order valence-electron chi connectivity index (χ2n) is 5.51. The fourth-order valence-electron chi connectivity index (χ4n) is 2.66. The van der Waals surface area contributed by atoms with Crippen LogP contribution in [0.3, 0.4) is 0 Å². The molecule has 1 aromatic rings. The molecule has 0 aromatic carbocycles. The summed E-state index contributed by atoms with van der Waals surface area (Å²) in [6, 6.07) is 6.95. The van der Waals surface area contributed by atoms with E-state index >= 15 is 0 Å². The van der Waals surface area contributed by atoms with Crippen LogP contribution in [0.5, 0.6) is 0 Å². The number of likely N-dealkylation sites (tertiary alicyclic amines) is 1. The number of anilines is 1. The predicted octanol–water partition coefficient (Wildman–Crippen LogP) is 3.13. The van der Waals surface area contributed by atoms with E-state index in [1.807, 2.05) is 6.07 Å². The van der Waals surface area contributed by atoms with Crippen LogP contribution in [-0.2, 0) is 6.54 Å². The number of nitrogens with one attached hydrogen (secondary N) is 1. The van der Waals surface area contributed by atoms with E-state index in [9.17, 15) is 0 Å². The molecule has 2 rings (SSSR count). The second-order valence-corrected chi connectivity index (χ2v) is 5.51. The molecule has 1 N–H and O–H groups in total. The maximum absolute atomic E-state index is 4.66. The molecule has 1 aromatic heterocycles. The Morgan fingerprint density at radius 1 is 1.33 bits per heavy atom. The van der Waals surface area contributed by atoms with E-state index in [2.05, 4.69) is 48.1 Å². The number of hydrogen-bond donors (Lipinski definition) is 1. The Bertz CT molecular complexity index is 378. The van der Waals surface area contributed by atoms with Gasteiger partial charge in [-0.2, -0.15) is 0 Å². The van der Waals surface area contributed by atoms with Crippen LogP contribution < -0.4 is 5.32 Å². The summed E-state index contributed by atoms with van der Waals surface area (Å²) < 4.78 is 0. The van der Waals surface area contributed by atoms with Crippen LogP contribution in [-0.4, -0.2) is 29.0 Å². The summed E-state index contributed by atoms with van der Waals surface area (Å²) in [5.74, 6) is 1.81. The lowest BCUT2D eigenvalue weighted by atomic mass is 9.95. The fraction of sp³-hybridized carbons (Fsp3) is 0.667. The molecule has 1 saturated heterocycles. The van der Waals surface area contributed by atoms with Gasteiger partial charge in [0, 0.05) is 25.7 Å². The number of rotatable bonds is 4. The summed E-state index contributed by atoms with van der Waals surface area (Å²) >= 11 is 0. The Labute approximate surface area is 111 Å². The molecule has 0 radical (unpaired) electrons. The Hall–Kier alpha value is -1.09. The first-order valence-corrected chi connectivity index (χ1v) is 7.13. The molecule has 2 heterocycles. The lowest BCUT2D eigenvalue weighted by Gasteiger charge is -2.36. The highest BCUT2D eigenvalue weighted by Crippen LogP contribution is 2.23. The van der Waals surface area contributed by atoms with E-state index in [4.69, 9.17) is 0 Å². The lowest BCUT2D eigenvalue weighted by Crippen LogP contribution is -2.40. The van der Waals surface area contributed by atoms with Crippen molar-refractivity contribution in [3.05, 3.63) is 23.9 Å². The zero-order valence-corrected chi connectivity index (χ0v) is 11.8. The van der Waals surface area contributed by atoms with Gasteiger partial charge in [0.15, 0.2) is 0 Å². The highest BCUT2D eigenvalue weighted by atomic mass is 15.2. The maximum atomic E-state index is 4.66. The Balaban J connectivity index is 2.01. The molecule has 0 saturated carbocycles. The minimum atomic E-state index is 0.686. The van der Waals surface area contributed by atoms with Crippen molar-refractivity contribution >= 4 is 5.82 Å². The summed E-state index contributed by atoms with van der Waals surface area (Å²) in [4.78, 5) is 7.23. The number of piperidine rings is 1. The maximum Gasteiger partial charge on any atom is 0.126 e. The molecule has 3 heteroatoms. The molecular weight excluding hydrogens is 222 g/mol. The Morgan fingerprint density at radius 2 is 2.17 bits per heavy atom. The molecule has 3 nitrogen and oxygen atoms in total. The number of nitrogens with zero attached hydrogens (tertiary/aromatic N) is 2. The molecule has 0 aliphatic carbocycles. The third-order valence-corrected chi connectivity index (χ3v) is 3.78. The van der Waals surface area contributed by atoms with Crippen LogP contribution in [0.15, 0.2) is 18.2 Å². The molecule has 100 valence electrons. The predicted molar refractivity (Wildman–Crippen MR) is 76.7 cm³/mol. The largest absolute Gasteiger partial charge is 0.370 e. The summed E-state index contributed by atoms with van der Waals surface area (Å²) in [5.41, 5.74) is 1.18. The van der Waals surface area contributed by atoms with Gasteiger partial charge in [0.25, 0.3) is 0 Å². The van der Waals surface area contributed by atoms with E-state index in [1.165, 1.54) is 25.1 Å². The number of hydrogen-bond acceptors (Lipinski definition) is 3. The van der Waals surface area contributed by atoms with Crippen molar-refractivity contribution in [2.45, 2.75) is 46.2 Å². The van der Waals surface area contributed by atoms with Gasteiger partial charge >= 0.3 is 0 Å². The second kappa shape index (κ2) is 6.19. The van der Waals surface area contributed by atoms with Gasteiger partial charge in [-0.15, -0.1) is 0 Å². The van der Waals surface area contributed by atoms with Crippen molar-refractivity contribution in [3.63, 3.8) is 0 Å². The smallest absolute Gasteiger partial charge is 0.126 e. The average molecular weight is 247 g/mol. The van der Waals surface area contributed by atoms with Crippen LogP contribution >= 0.6 is 0 Å². The van der Waals surface area contributed by atoms with Gasteiger partial charge in [0.2, 0.25) is 0 Å². The number of pyridine rings is 1. The molecule has 0 bridgehead atoms. The van der Waals surface area contributed by atoms with Crippen LogP contribution in [0.2, 0.25) is 0 Å². The zero-order valence-electron chi connectivity index (χ0n) is 11.8. The molecular formula is C15H25N3. The van der Waals surface area contributed by atoms with E-state index in [0.29, 0.717) is 6.04 Å². The van der Waals surface area contributed by atoms with Gasteiger partial charge in [0.1, 0.15) is 5.82 Å².